The van der Waals surface area contributed by atoms with E-state index in [1.54, 1.807) is 6.92 Å². The number of hydrogen-bond acceptors (Lipinski definition) is 6. The Hall–Kier alpha value is -0.990. The molecule has 8 heteroatoms. The van der Waals surface area contributed by atoms with Gasteiger partial charge in [0.05, 0.1) is 6.10 Å². The monoisotopic (exact) mass is 303 g/mol. The summed E-state index contributed by atoms with van der Waals surface area (Å²) < 4.78 is 37.1. The van der Waals surface area contributed by atoms with Crippen molar-refractivity contribution < 1.29 is 17.7 Å². The van der Waals surface area contributed by atoms with E-state index in [-0.39, 0.29) is 18.6 Å². The molecule has 20 heavy (non-hydrogen) atoms. The Morgan fingerprint density at radius 1 is 1.45 bits per heavy atom. The molecule has 2 rings (SSSR count). The zero-order valence-electron chi connectivity index (χ0n) is 12.0. The maximum absolute atomic E-state index is 12.1. The van der Waals surface area contributed by atoms with E-state index in [1.807, 2.05) is 13.8 Å². The third-order valence-electron chi connectivity index (χ3n) is 3.35. The Balaban J connectivity index is 1.85. The predicted octanol–water partition coefficient (Wildman–Crippen LogP) is 0.832. The molecule has 1 N–H and O–H groups in total. The first kappa shape index (κ1) is 15.4. The molecule has 1 aliphatic rings. The molecule has 114 valence electrons. The molecule has 0 amide bonds. The van der Waals surface area contributed by atoms with Crippen LogP contribution in [-0.2, 0) is 21.2 Å². The molecule has 2 heterocycles. The van der Waals surface area contributed by atoms with E-state index in [1.165, 1.54) is 0 Å². The van der Waals surface area contributed by atoms with Crippen molar-refractivity contribution >= 4 is 10.0 Å². The molecular weight excluding hydrogens is 282 g/mol. The molecular formula is C12H21N3O4S. The zero-order valence-corrected chi connectivity index (χ0v) is 12.8. The van der Waals surface area contributed by atoms with Crippen LogP contribution in [0.25, 0.3) is 0 Å². The van der Waals surface area contributed by atoms with Crippen LogP contribution in [0.5, 0.6) is 0 Å². The lowest BCUT2D eigenvalue weighted by Crippen LogP contribution is -2.39. The summed E-state index contributed by atoms with van der Waals surface area (Å²) in [4.78, 5) is 4.20. The SMILES string of the molecule is CC(C)c1noc(CCNS(=O)(=O)[C@@H]2CCO[C@@H]2C)n1. The van der Waals surface area contributed by atoms with E-state index >= 15 is 0 Å². The van der Waals surface area contributed by atoms with Crippen molar-refractivity contribution in [1.29, 1.82) is 0 Å². The molecule has 1 saturated heterocycles. The van der Waals surface area contributed by atoms with Crippen LogP contribution in [-0.4, -0.2) is 43.1 Å². The number of sulfonamides is 1. The average molecular weight is 303 g/mol. The third kappa shape index (κ3) is 3.56. The highest BCUT2D eigenvalue weighted by molar-refractivity contribution is 7.90. The fourth-order valence-corrected chi connectivity index (χ4v) is 3.72. The highest BCUT2D eigenvalue weighted by Gasteiger charge is 2.35. The number of hydrogen-bond donors (Lipinski definition) is 1. The minimum Gasteiger partial charge on any atom is -0.377 e. The number of nitrogens with zero attached hydrogens (tertiary/aromatic N) is 2. The van der Waals surface area contributed by atoms with E-state index in [4.69, 9.17) is 9.26 Å². The second kappa shape index (κ2) is 6.19. The number of rotatable bonds is 6. The van der Waals surface area contributed by atoms with Gasteiger partial charge >= 0.3 is 0 Å². The van der Waals surface area contributed by atoms with Gasteiger partial charge in [0.2, 0.25) is 15.9 Å². The molecule has 2 atom stereocenters. The number of nitrogens with one attached hydrogen (secondary N) is 1. The molecule has 1 aromatic rings. The van der Waals surface area contributed by atoms with Gasteiger partial charge in [-0.25, -0.2) is 13.1 Å². The second-order valence-corrected chi connectivity index (χ2v) is 7.28. The fraction of sp³-hybridized carbons (Fsp3) is 0.833. The summed E-state index contributed by atoms with van der Waals surface area (Å²) in [6.45, 7) is 6.47. The first-order valence-corrected chi connectivity index (χ1v) is 8.37. The van der Waals surface area contributed by atoms with Gasteiger partial charge in [-0.1, -0.05) is 19.0 Å². The van der Waals surface area contributed by atoms with Crippen molar-refractivity contribution in [2.24, 2.45) is 0 Å². The lowest BCUT2D eigenvalue weighted by Gasteiger charge is -2.15. The first-order chi connectivity index (χ1) is 9.40. The molecule has 7 nitrogen and oxygen atoms in total. The van der Waals surface area contributed by atoms with Crippen molar-refractivity contribution in [2.45, 2.75) is 50.9 Å². The van der Waals surface area contributed by atoms with Crippen molar-refractivity contribution in [1.82, 2.24) is 14.9 Å². The number of aromatic nitrogens is 2. The molecule has 1 fully saturated rings. The Morgan fingerprint density at radius 3 is 2.75 bits per heavy atom. The molecule has 0 aromatic carbocycles. The summed E-state index contributed by atoms with van der Waals surface area (Å²) >= 11 is 0. The third-order valence-corrected chi connectivity index (χ3v) is 5.37. The van der Waals surface area contributed by atoms with Gasteiger partial charge in [-0.3, -0.25) is 0 Å². The van der Waals surface area contributed by atoms with E-state index in [0.717, 1.165) is 0 Å². The van der Waals surface area contributed by atoms with Crippen LogP contribution < -0.4 is 4.72 Å². The van der Waals surface area contributed by atoms with Crippen LogP contribution in [0.3, 0.4) is 0 Å². The van der Waals surface area contributed by atoms with Crippen LogP contribution in [0.15, 0.2) is 4.52 Å². The minimum atomic E-state index is -3.35. The molecule has 0 bridgehead atoms. The van der Waals surface area contributed by atoms with Crippen molar-refractivity contribution in [2.75, 3.05) is 13.2 Å². The van der Waals surface area contributed by atoms with E-state index < -0.39 is 15.3 Å². The predicted molar refractivity (Wildman–Crippen MR) is 72.8 cm³/mol. The highest BCUT2D eigenvalue weighted by Crippen LogP contribution is 2.19. The van der Waals surface area contributed by atoms with Gasteiger partial charge in [-0.2, -0.15) is 4.98 Å². The maximum Gasteiger partial charge on any atom is 0.227 e. The van der Waals surface area contributed by atoms with E-state index in [0.29, 0.717) is 31.2 Å². The van der Waals surface area contributed by atoms with E-state index in [2.05, 4.69) is 14.9 Å². The quantitative estimate of drug-likeness (QED) is 0.836. The smallest absolute Gasteiger partial charge is 0.227 e. The normalized spacial score (nSPS) is 23.6. The van der Waals surface area contributed by atoms with Gasteiger partial charge < -0.3 is 9.26 Å². The largest absolute Gasteiger partial charge is 0.377 e. The summed E-state index contributed by atoms with van der Waals surface area (Å²) in [5.41, 5.74) is 0. The molecule has 1 aromatic heterocycles. The van der Waals surface area contributed by atoms with Crippen molar-refractivity contribution in [3.05, 3.63) is 11.7 Å². The van der Waals surface area contributed by atoms with Gasteiger partial charge in [0.1, 0.15) is 5.25 Å². The Kier molecular flexibility index (Phi) is 4.77. The average Bonchev–Trinajstić information content (AvgIpc) is 2.97. The molecule has 0 saturated carbocycles. The van der Waals surface area contributed by atoms with Crippen LogP contribution in [0.2, 0.25) is 0 Å². The van der Waals surface area contributed by atoms with Gasteiger partial charge in [0, 0.05) is 25.5 Å². The maximum atomic E-state index is 12.1. The topological polar surface area (TPSA) is 94.3 Å². The summed E-state index contributed by atoms with van der Waals surface area (Å²) in [5, 5.41) is 3.36. The molecule has 0 radical (unpaired) electrons. The first-order valence-electron chi connectivity index (χ1n) is 6.82. The van der Waals surface area contributed by atoms with Crippen LogP contribution in [0.4, 0.5) is 0 Å². The van der Waals surface area contributed by atoms with Crippen LogP contribution >= 0.6 is 0 Å². The van der Waals surface area contributed by atoms with Gasteiger partial charge in [-0.05, 0) is 13.3 Å². The second-order valence-electron chi connectivity index (χ2n) is 5.29. The van der Waals surface area contributed by atoms with Gasteiger partial charge in [0.15, 0.2) is 5.82 Å². The standard InChI is InChI=1S/C12H21N3O4S/c1-8(2)12-14-11(19-15-12)4-6-13-20(16,17)10-5-7-18-9(10)3/h8-10,13H,4-7H2,1-3H3/t9-,10-/m1/s1. The van der Waals surface area contributed by atoms with Gasteiger partial charge in [-0.15, -0.1) is 0 Å². The lowest BCUT2D eigenvalue weighted by molar-refractivity contribution is 0.126. The van der Waals surface area contributed by atoms with Crippen molar-refractivity contribution in [3.8, 4) is 0 Å². The fourth-order valence-electron chi connectivity index (χ4n) is 2.13. The van der Waals surface area contributed by atoms with E-state index in [9.17, 15) is 8.42 Å². The van der Waals surface area contributed by atoms with Crippen molar-refractivity contribution in [3.63, 3.8) is 0 Å². The Bertz CT molecular complexity index is 541. The molecule has 1 aliphatic heterocycles. The highest BCUT2D eigenvalue weighted by atomic mass is 32.2. The summed E-state index contributed by atoms with van der Waals surface area (Å²) in [6, 6.07) is 0. The molecule has 0 aliphatic carbocycles. The minimum absolute atomic E-state index is 0.195. The van der Waals surface area contributed by atoms with Gasteiger partial charge in [0.25, 0.3) is 0 Å². The van der Waals surface area contributed by atoms with Crippen LogP contribution in [0, 0.1) is 0 Å². The summed E-state index contributed by atoms with van der Waals surface area (Å²) in [6.07, 6.45) is 0.665. The zero-order chi connectivity index (χ0) is 14.8. The molecule has 0 unspecified atom stereocenters. The summed E-state index contributed by atoms with van der Waals surface area (Å²) in [5.74, 6) is 1.29. The lowest BCUT2D eigenvalue weighted by atomic mass is 10.2. The molecule has 0 spiro atoms. The Labute approximate surface area is 119 Å². The van der Waals surface area contributed by atoms with Crippen LogP contribution in [0.1, 0.15) is 44.8 Å². The Morgan fingerprint density at radius 2 is 2.20 bits per heavy atom. The summed E-state index contributed by atoms with van der Waals surface area (Å²) in [7, 11) is -3.35. The number of ether oxygens (including phenoxy) is 1.